The van der Waals surface area contributed by atoms with Gasteiger partial charge in [-0.25, -0.2) is 33.6 Å². The van der Waals surface area contributed by atoms with Crippen LogP contribution >= 0.6 is 120 Å². The van der Waals surface area contributed by atoms with Gasteiger partial charge in [0.25, 0.3) is 6.47 Å². The van der Waals surface area contributed by atoms with Gasteiger partial charge in [-0.3, -0.25) is 19.2 Å². The smallest absolute Gasteiger partial charge is 0.870 e. The number of nitrogens with two attached hydrogens (primary N) is 1. The predicted molar refractivity (Wildman–Crippen MR) is 500 cm³/mol. The SMILES string of the molecule is C=CC(=O)OC.CC#N.CCO.CCOC(=O)Cl.CCOC(=O)N(CC)Cc1cccs1.CCOC(=O)N(CCC(=O)OC)Cc1cccs1.CCOC(=O)N1CCC(=O)c2ccsc2C1.CCOC(=O)N1CCCc2cc(Br)sc2C1.CCOC(=O)N1CCCc2ccsc2C1.COC(=O)CCNCc1cccs1.NCc1cccs1.O=C=O.O=CO[O-].[B]=NS.[Na+].[Na+].[OH-]. The molecular formula is C82H117BBrClN9Na2O26S8. The van der Waals surface area contributed by atoms with E-state index in [1.54, 1.807) is 121 Å². The fraction of sp³-hybridized carbons (Fsp3) is 0.476. The third-order valence-electron chi connectivity index (χ3n) is 14.8. The number of carbonyl (C=O) groups is 11. The van der Waals surface area contributed by atoms with E-state index >= 15 is 0 Å². The van der Waals surface area contributed by atoms with Gasteiger partial charge >= 0.3 is 144 Å². The number of nitrogens with zero attached hydrogens (tertiary/aromatic N) is 7. The number of ketones is 1. The second-order valence-corrected chi connectivity index (χ2v) is 32.6. The van der Waals surface area contributed by atoms with Gasteiger partial charge in [0, 0.05) is 130 Å². The molecule has 10 rings (SSSR count). The molecule has 130 heavy (non-hydrogen) atoms. The number of thiophene rings is 7. The second kappa shape index (κ2) is 93.5. The Balaban J connectivity index is -0.000000259. The van der Waals surface area contributed by atoms with E-state index in [0.717, 1.165) is 70.5 Å². The van der Waals surface area contributed by atoms with E-state index in [1.165, 1.54) is 80.0 Å². The predicted octanol–water partition coefficient (Wildman–Crippen LogP) is 10.1. The number of aliphatic hydroxyl groups excluding tert-OH is 1. The molecular weight excluding hydrogens is 1960 g/mol. The molecule has 0 spiro atoms. The number of carbonyl (C=O) groups excluding carboxylic acids is 13. The van der Waals surface area contributed by atoms with Gasteiger partial charge < -0.3 is 98.9 Å². The third-order valence-corrected chi connectivity index (χ3v) is 22.0. The number of hydrogen-bond donors (Lipinski definition) is 4. The number of methoxy groups -OCH3 is 3. The number of amides is 5. The summed E-state index contributed by atoms with van der Waals surface area (Å²) in [7, 11) is 8.38. The number of esters is 3. The zero-order valence-electron chi connectivity index (χ0n) is 75.8. The molecule has 7 aromatic heterocycles. The minimum Gasteiger partial charge on any atom is -0.870 e. The minimum atomic E-state index is -0.738. The monoisotopic (exact) mass is 2070 g/mol. The van der Waals surface area contributed by atoms with E-state index in [-0.39, 0.29) is 132 Å². The number of ether oxygens (including phenoxy) is 9. The van der Waals surface area contributed by atoms with E-state index in [0.29, 0.717) is 118 Å². The van der Waals surface area contributed by atoms with Crippen molar-refractivity contribution < 1.29 is 185 Å². The number of aliphatic hydroxyl groups is 1. The Morgan fingerprint density at radius 2 is 1.04 bits per heavy atom. The Bertz CT molecular complexity index is 4150. The van der Waals surface area contributed by atoms with Crippen molar-refractivity contribution in [3.8, 4) is 6.07 Å². The van der Waals surface area contributed by atoms with E-state index in [2.05, 4.69) is 100.0 Å². The van der Waals surface area contributed by atoms with Crippen molar-refractivity contribution in [2.75, 3.05) is 107 Å². The van der Waals surface area contributed by atoms with Crippen LogP contribution in [0, 0.1) is 11.3 Å². The number of fused-ring (bicyclic) bond motifs is 3. The number of rotatable bonds is 22. The van der Waals surface area contributed by atoms with Crippen LogP contribution in [0.3, 0.4) is 0 Å². The molecule has 0 saturated heterocycles. The van der Waals surface area contributed by atoms with Crippen molar-refractivity contribution in [2.45, 2.75) is 153 Å². The fourth-order valence-corrected chi connectivity index (χ4v) is 15.9. The fourth-order valence-electron chi connectivity index (χ4n) is 9.40. The number of nitriles is 1. The summed E-state index contributed by atoms with van der Waals surface area (Å²) in [5.74, 6) is -0.785. The van der Waals surface area contributed by atoms with Crippen LogP contribution in [0.15, 0.2) is 120 Å². The van der Waals surface area contributed by atoms with Crippen LogP contribution in [-0.4, -0.2) is 222 Å². The van der Waals surface area contributed by atoms with Crippen molar-refractivity contribution in [3.05, 3.63) is 166 Å². The Hall–Kier alpha value is -7.34. The maximum atomic E-state index is 11.7. The Labute approximate surface area is 853 Å². The molecule has 0 aliphatic carbocycles. The van der Waals surface area contributed by atoms with Crippen molar-refractivity contribution in [3.63, 3.8) is 0 Å². The van der Waals surface area contributed by atoms with E-state index in [4.69, 9.17) is 71.0 Å². The zero-order valence-corrected chi connectivity index (χ0v) is 88.8. The Morgan fingerprint density at radius 1 is 0.638 bits per heavy atom. The van der Waals surface area contributed by atoms with E-state index in [9.17, 15) is 47.9 Å². The Morgan fingerprint density at radius 3 is 1.42 bits per heavy atom. The molecule has 35 nitrogen and oxygen atoms in total. The van der Waals surface area contributed by atoms with Crippen LogP contribution in [0.2, 0.25) is 0 Å². The first kappa shape index (κ1) is 136. The van der Waals surface area contributed by atoms with Crippen LogP contribution in [-0.2, 0) is 135 Å². The number of aryl methyl sites for hydroxylation is 2. The summed E-state index contributed by atoms with van der Waals surface area (Å²) < 4.78 is 46.1. The Kier molecular flexibility index (Phi) is 97.6. The molecule has 5 amide bonds. The molecule has 0 aromatic carbocycles. The van der Waals surface area contributed by atoms with Gasteiger partial charge in [-0.1, -0.05) is 30.8 Å². The largest absolute Gasteiger partial charge is 1.00 e. The minimum absolute atomic E-state index is 0. The maximum Gasteiger partial charge on any atom is 1.00 e. The zero-order chi connectivity index (χ0) is 96.4. The maximum absolute atomic E-state index is 11.7. The molecule has 0 atom stereocenters. The first-order valence-corrected chi connectivity index (χ1v) is 46.6. The third kappa shape index (κ3) is 70.4. The molecule has 7 aromatic rings. The molecule has 0 saturated carbocycles. The molecule has 10 heterocycles. The summed E-state index contributed by atoms with van der Waals surface area (Å²) in [5.41, 5.74) is 8.09. The molecule has 3 aliphatic heterocycles. The molecule has 5 N–H and O–H groups in total. The number of hydrogen-bond acceptors (Lipinski definition) is 38. The molecule has 713 valence electrons. The summed E-state index contributed by atoms with van der Waals surface area (Å²) in [6.45, 7) is 29.5. The van der Waals surface area contributed by atoms with Gasteiger partial charge in [0.1, 0.15) is 0 Å². The molecule has 3 aliphatic rings. The number of halogens is 2. The van der Waals surface area contributed by atoms with Crippen molar-refractivity contribution in [1.82, 2.24) is 29.8 Å². The van der Waals surface area contributed by atoms with Gasteiger partial charge in [-0.15, -0.1) is 79.4 Å². The van der Waals surface area contributed by atoms with Gasteiger partial charge in [0.15, 0.2) is 5.78 Å². The summed E-state index contributed by atoms with van der Waals surface area (Å²) in [6.07, 6.45) is 5.15. The normalized spacial score (nSPS) is 10.7. The molecule has 0 bridgehead atoms. The van der Waals surface area contributed by atoms with Gasteiger partial charge in [0.05, 0.1) is 116 Å². The molecule has 0 fully saturated rings. The van der Waals surface area contributed by atoms with Gasteiger partial charge in [-0.05, 0) is 183 Å². The molecule has 1 radical (unpaired) electrons. The first-order valence-electron chi connectivity index (χ1n) is 38.9. The van der Waals surface area contributed by atoms with E-state index < -0.39 is 17.5 Å². The number of thiol groups is 1. The van der Waals surface area contributed by atoms with Crippen molar-refractivity contribution >= 4 is 200 Å². The van der Waals surface area contributed by atoms with Crippen LogP contribution in [0.1, 0.15) is 150 Å². The topological polar surface area (TPSA) is 478 Å². The van der Waals surface area contributed by atoms with Crippen molar-refractivity contribution in [1.29, 1.82) is 5.26 Å². The van der Waals surface area contributed by atoms with Crippen LogP contribution < -0.4 is 75.4 Å². The standard InChI is InChI=1S/C12H17NO4S.C11H14BrNO2S.C11H13NO3S.C11H15NO2S.C10H15NO2S.C9H13NO2S.C5H7NS.C4H6O2.C3H5ClO2.C2H3N.C2H6O.CH2O3.CO2.BHNS.2Na.H2O/c1-3-17-12(15)13(7-6-11(14)16-2)9-10-5-4-8-18-10;1-2-15-11(14)13-5-3-4-8-6-10(12)16-9(8)7-13;1-2-15-11(14)12-5-3-9(13)8-4-6-16-10(8)7-12;1-2-14-11(13)12-6-3-4-9-5-7-15-10(9)8-12;1-3-11(10(12)13-4-2)8-9-6-5-7-14-9;1-12-9(11)4-5-10-7-8-3-2-6-13-8;6-4-5-2-1-3-7-5;1-3-4(5)6-2;1-2-6-3(4)5;2*1-2-3;2-1-4-3;2-1-3;1-2-3;;;/h4-5,8H,3,6-7,9H2,1-2H3;6H,2-5,7H2,1H3;4,6H,2-3,5,7H2,1H3;5,7H,2-4,6,8H2,1H3;5-7H,3-4,8H2,1-2H3;2-3,6,10H,4-5,7H2,1H3;1-3H,4,6H2;3H,1H2,2H3;2H2,1H3;1H3;3H,2H2,1H3;1,3H;;3H;;;1H2/q;;;;;;;;;;;;;;2*+1;/p-2. The summed E-state index contributed by atoms with van der Waals surface area (Å²) in [6, 6.07) is 23.9. The van der Waals surface area contributed by atoms with Crippen molar-refractivity contribution in [2.24, 2.45) is 10.0 Å². The average molecular weight is 2070 g/mol. The quantitative estimate of drug-likeness (QED) is 0.00468. The summed E-state index contributed by atoms with van der Waals surface area (Å²) >= 11 is 23.0. The second-order valence-electron chi connectivity index (χ2n) is 23.4. The number of nitrogens with one attached hydrogen (secondary N) is 1. The van der Waals surface area contributed by atoms with Crippen LogP contribution in [0.4, 0.5) is 28.8 Å². The van der Waals surface area contributed by atoms with Gasteiger partial charge in [0.2, 0.25) is 0 Å². The number of Topliss-reactive ketones (excluding diaryl/α,β-unsaturated/α-hetero) is 1. The summed E-state index contributed by atoms with van der Waals surface area (Å²) in [5, 5.41) is 38.5. The average Bonchev–Trinajstić information content (AvgIpc) is 1.70. The van der Waals surface area contributed by atoms with Crippen LogP contribution in [0.5, 0.6) is 0 Å². The van der Waals surface area contributed by atoms with Gasteiger partial charge in [-0.2, -0.15) is 14.9 Å². The molecule has 48 heteroatoms. The van der Waals surface area contributed by atoms with E-state index in [1.807, 2.05) is 103 Å². The summed E-state index contributed by atoms with van der Waals surface area (Å²) in [4.78, 5) is 155. The first-order chi connectivity index (χ1) is 61.1. The molecule has 0 unspecified atom stereocenters. The van der Waals surface area contributed by atoms with Crippen LogP contribution in [0.25, 0.3) is 0 Å².